The van der Waals surface area contributed by atoms with Gasteiger partial charge in [0.25, 0.3) is 5.91 Å². The van der Waals surface area contributed by atoms with Gasteiger partial charge in [-0.15, -0.1) is 0 Å². The van der Waals surface area contributed by atoms with Gasteiger partial charge in [-0.1, -0.05) is 35.9 Å². The summed E-state index contributed by atoms with van der Waals surface area (Å²) in [7, 11) is 3.50. The largest absolute Gasteiger partial charge is 0.496 e. The number of aromatic nitrogens is 2. The third-order valence-corrected chi connectivity index (χ3v) is 4.56. The number of carbonyl (C=O) groups excluding carboxylic acids is 1. The summed E-state index contributed by atoms with van der Waals surface area (Å²) in [5, 5.41) is 3.06. The third kappa shape index (κ3) is 4.34. The van der Waals surface area contributed by atoms with Crippen molar-refractivity contribution in [3.63, 3.8) is 0 Å². The van der Waals surface area contributed by atoms with Gasteiger partial charge in [0.05, 0.1) is 7.11 Å². The van der Waals surface area contributed by atoms with Crippen LogP contribution in [0.15, 0.2) is 60.9 Å². The van der Waals surface area contributed by atoms with E-state index in [2.05, 4.69) is 10.3 Å². The van der Waals surface area contributed by atoms with Crippen LogP contribution in [0, 0.1) is 6.92 Å². The Balaban J connectivity index is 1.84. The Kier molecular flexibility index (Phi) is 5.99. The van der Waals surface area contributed by atoms with Crippen LogP contribution in [0.3, 0.4) is 0 Å². The lowest BCUT2D eigenvalue weighted by atomic mass is 10.0. The van der Waals surface area contributed by atoms with Crippen LogP contribution in [-0.4, -0.2) is 28.7 Å². The molecule has 3 rings (SSSR count). The highest BCUT2D eigenvalue weighted by molar-refractivity contribution is 5.81. The molecule has 3 aromatic rings. The number of ether oxygens (including phenoxy) is 2. The predicted molar refractivity (Wildman–Crippen MR) is 107 cm³/mol. The maximum atomic E-state index is 12.9. The van der Waals surface area contributed by atoms with Gasteiger partial charge in [0, 0.05) is 25.0 Å². The van der Waals surface area contributed by atoms with Crippen molar-refractivity contribution in [3.8, 4) is 11.5 Å². The summed E-state index contributed by atoms with van der Waals surface area (Å²) in [6.45, 7) is 3.73. The van der Waals surface area contributed by atoms with E-state index >= 15 is 0 Å². The van der Waals surface area contributed by atoms with Gasteiger partial charge in [-0.05, 0) is 32.0 Å². The van der Waals surface area contributed by atoms with Gasteiger partial charge in [0.1, 0.15) is 23.4 Å². The minimum Gasteiger partial charge on any atom is -0.496 e. The minimum absolute atomic E-state index is 0.237. The van der Waals surface area contributed by atoms with E-state index in [1.54, 1.807) is 20.2 Å². The van der Waals surface area contributed by atoms with Crippen LogP contribution in [0.25, 0.3) is 0 Å². The summed E-state index contributed by atoms with van der Waals surface area (Å²) in [4.78, 5) is 17.3. The van der Waals surface area contributed by atoms with Crippen LogP contribution in [0.4, 0.5) is 0 Å². The number of imidazole rings is 1. The molecule has 2 atom stereocenters. The van der Waals surface area contributed by atoms with Crippen molar-refractivity contribution >= 4 is 5.91 Å². The normalized spacial score (nSPS) is 12.9. The predicted octanol–water partition coefficient (Wildman–Crippen LogP) is 3.41. The van der Waals surface area contributed by atoms with Crippen LogP contribution >= 0.6 is 0 Å². The molecule has 146 valence electrons. The van der Waals surface area contributed by atoms with E-state index in [9.17, 15) is 4.79 Å². The van der Waals surface area contributed by atoms with Gasteiger partial charge in [0.2, 0.25) is 0 Å². The van der Waals surface area contributed by atoms with Gasteiger partial charge in [-0.3, -0.25) is 4.79 Å². The average Bonchev–Trinajstić information content (AvgIpc) is 3.13. The van der Waals surface area contributed by atoms with Crippen molar-refractivity contribution in [1.82, 2.24) is 14.9 Å². The average molecular weight is 379 g/mol. The highest BCUT2D eigenvalue weighted by Gasteiger charge is 2.26. The second-order valence-corrected chi connectivity index (χ2v) is 6.65. The fourth-order valence-electron chi connectivity index (χ4n) is 2.98. The van der Waals surface area contributed by atoms with Crippen molar-refractivity contribution in [1.29, 1.82) is 0 Å². The van der Waals surface area contributed by atoms with E-state index in [-0.39, 0.29) is 5.91 Å². The van der Waals surface area contributed by atoms with Crippen molar-refractivity contribution in [2.24, 2.45) is 7.05 Å². The Bertz CT molecular complexity index is 934. The number of amides is 1. The van der Waals surface area contributed by atoms with Gasteiger partial charge in [-0.25, -0.2) is 4.98 Å². The second-order valence-electron chi connectivity index (χ2n) is 6.65. The van der Waals surface area contributed by atoms with E-state index in [4.69, 9.17) is 9.47 Å². The maximum absolute atomic E-state index is 12.9. The first-order chi connectivity index (χ1) is 13.5. The van der Waals surface area contributed by atoms with Gasteiger partial charge in [-0.2, -0.15) is 0 Å². The van der Waals surface area contributed by atoms with E-state index in [1.807, 2.05) is 73.3 Å². The molecule has 0 aliphatic carbocycles. The molecule has 2 aromatic carbocycles. The molecular weight excluding hydrogens is 354 g/mol. The number of benzene rings is 2. The number of carbonyl (C=O) groups is 1. The van der Waals surface area contributed by atoms with E-state index in [1.165, 1.54) is 0 Å². The van der Waals surface area contributed by atoms with Gasteiger partial charge >= 0.3 is 0 Å². The smallest absolute Gasteiger partial charge is 0.261 e. The van der Waals surface area contributed by atoms with Crippen molar-refractivity contribution < 1.29 is 14.3 Å². The van der Waals surface area contributed by atoms with Crippen LogP contribution in [0.5, 0.6) is 11.5 Å². The molecule has 6 nitrogen and oxygen atoms in total. The van der Waals surface area contributed by atoms with Crippen LogP contribution in [-0.2, 0) is 11.8 Å². The Morgan fingerprint density at radius 1 is 1.14 bits per heavy atom. The second kappa shape index (κ2) is 8.61. The molecule has 0 aliphatic rings. The first-order valence-electron chi connectivity index (χ1n) is 9.13. The number of nitrogens with one attached hydrogen (secondary N) is 1. The maximum Gasteiger partial charge on any atom is 0.261 e. The summed E-state index contributed by atoms with van der Waals surface area (Å²) in [6, 6.07) is 14.7. The third-order valence-electron chi connectivity index (χ3n) is 4.56. The monoisotopic (exact) mass is 379 g/mol. The number of hydrogen-bond acceptors (Lipinski definition) is 4. The SMILES string of the molecule is COc1ccccc1C(NC(=O)C(C)Oc1ccc(C)cc1)c1nccn1C. The molecule has 0 spiro atoms. The molecular formula is C22H25N3O3. The van der Waals surface area contributed by atoms with Gasteiger partial charge < -0.3 is 19.4 Å². The van der Waals surface area contributed by atoms with Crippen molar-refractivity contribution in [3.05, 3.63) is 77.9 Å². The Morgan fingerprint density at radius 3 is 2.50 bits per heavy atom. The van der Waals surface area contributed by atoms with E-state index in [0.717, 1.165) is 11.1 Å². The highest BCUT2D eigenvalue weighted by Crippen LogP contribution is 2.29. The Hall–Kier alpha value is -3.28. The van der Waals surface area contributed by atoms with Crippen LogP contribution < -0.4 is 14.8 Å². The Labute approximate surface area is 165 Å². The lowest BCUT2D eigenvalue weighted by Crippen LogP contribution is -2.40. The first kappa shape index (κ1) is 19.5. The molecule has 0 saturated carbocycles. The summed E-state index contributed by atoms with van der Waals surface area (Å²) in [5.74, 6) is 1.81. The van der Waals surface area contributed by atoms with Gasteiger partial charge in [0.15, 0.2) is 6.10 Å². The van der Waals surface area contributed by atoms with Crippen molar-refractivity contribution in [2.45, 2.75) is 26.0 Å². The first-order valence-corrected chi connectivity index (χ1v) is 9.13. The lowest BCUT2D eigenvalue weighted by Gasteiger charge is -2.23. The summed E-state index contributed by atoms with van der Waals surface area (Å²) in [5.41, 5.74) is 1.96. The lowest BCUT2D eigenvalue weighted by molar-refractivity contribution is -0.127. The zero-order valence-corrected chi connectivity index (χ0v) is 16.5. The summed E-state index contributed by atoms with van der Waals surface area (Å²) >= 11 is 0. The molecule has 2 unspecified atom stereocenters. The van der Waals surface area contributed by atoms with Crippen LogP contribution in [0.2, 0.25) is 0 Å². The fraction of sp³-hybridized carbons (Fsp3) is 0.273. The molecule has 0 fully saturated rings. The molecule has 0 saturated heterocycles. The number of hydrogen-bond donors (Lipinski definition) is 1. The number of rotatable bonds is 7. The Morgan fingerprint density at radius 2 is 1.86 bits per heavy atom. The molecule has 28 heavy (non-hydrogen) atoms. The standard InChI is InChI=1S/C22H25N3O3/c1-15-9-11-17(12-10-15)28-16(2)22(26)24-20(21-23-13-14-25(21)3)18-7-5-6-8-19(18)27-4/h5-14,16,20H,1-4H3,(H,24,26). The van der Waals surface area contributed by atoms with Crippen LogP contribution in [0.1, 0.15) is 29.9 Å². The zero-order chi connectivity index (χ0) is 20.1. The summed E-state index contributed by atoms with van der Waals surface area (Å²) < 4.78 is 13.2. The molecule has 1 aromatic heterocycles. The number of methoxy groups -OCH3 is 1. The zero-order valence-electron chi connectivity index (χ0n) is 16.5. The number of aryl methyl sites for hydroxylation is 2. The topological polar surface area (TPSA) is 65.4 Å². The summed E-state index contributed by atoms with van der Waals surface area (Å²) in [6.07, 6.45) is 2.88. The molecule has 6 heteroatoms. The molecule has 0 bridgehead atoms. The number of para-hydroxylation sites is 1. The molecule has 1 amide bonds. The molecule has 1 heterocycles. The molecule has 1 N–H and O–H groups in total. The van der Waals surface area contributed by atoms with E-state index in [0.29, 0.717) is 17.3 Å². The molecule has 0 aliphatic heterocycles. The minimum atomic E-state index is -0.666. The molecule has 0 radical (unpaired) electrons. The van der Waals surface area contributed by atoms with E-state index < -0.39 is 12.1 Å². The number of nitrogens with zero attached hydrogens (tertiary/aromatic N) is 2. The fourth-order valence-corrected chi connectivity index (χ4v) is 2.98. The van der Waals surface area contributed by atoms with Crippen molar-refractivity contribution in [2.75, 3.05) is 7.11 Å². The highest BCUT2D eigenvalue weighted by atomic mass is 16.5. The quantitative estimate of drug-likeness (QED) is 0.683.